The fraction of sp³-hybridized carbons (Fsp3) is 0.438. The molecule has 0 aliphatic carbocycles. The van der Waals surface area contributed by atoms with Gasteiger partial charge in [-0.05, 0) is 25.1 Å². The van der Waals surface area contributed by atoms with Crippen LogP contribution >= 0.6 is 0 Å². The Morgan fingerprint density at radius 3 is 2.64 bits per heavy atom. The summed E-state index contributed by atoms with van der Waals surface area (Å²) in [7, 11) is 0. The maximum Gasteiger partial charge on any atom is 0.433 e. The molecule has 25 heavy (non-hydrogen) atoms. The van der Waals surface area contributed by atoms with Crippen molar-refractivity contribution < 1.29 is 23.3 Å². The SMILES string of the molecule is Cc1ccc(C(CNC(=O)c2ccc([N+](=O)[O-])o2)N2CCOCC2)o1. The predicted molar refractivity (Wildman–Crippen MR) is 86.3 cm³/mol. The molecule has 2 aromatic heterocycles. The molecule has 1 amide bonds. The molecule has 1 saturated heterocycles. The Morgan fingerprint density at radius 2 is 2.04 bits per heavy atom. The van der Waals surface area contributed by atoms with Gasteiger partial charge in [-0.1, -0.05) is 0 Å². The smallest absolute Gasteiger partial charge is 0.433 e. The van der Waals surface area contributed by atoms with Gasteiger partial charge >= 0.3 is 5.88 Å². The molecule has 0 radical (unpaired) electrons. The quantitative estimate of drug-likeness (QED) is 0.626. The molecule has 0 aromatic carbocycles. The number of carbonyl (C=O) groups is 1. The first-order chi connectivity index (χ1) is 12.0. The number of ether oxygens (including phenoxy) is 1. The molecule has 134 valence electrons. The van der Waals surface area contributed by atoms with Crippen LogP contribution in [-0.4, -0.2) is 48.6 Å². The van der Waals surface area contributed by atoms with Gasteiger partial charge in [0, 0.05) is 19.6 Å². The van der Waals surface area contributed by atoms with Gasteiger partial charge < -0.3 is 18.9 Å². The van der Waals surface area contributed by atoms with Crippen LogP contribution < -0.4 is 5.32 Å². The monoisotopic (exact) mass is 349 g/mol. The van der Waals surface area contributed by atoms with Crippen molar-refractivity contribution in [3.05, 3.63) is 51.7 Å². The van der Waals surface area contributed by atoms with Gasteiger partial charge in [-0.15, -0.1) is 0 Å². The highest BCUT2D eigenvalue weighted by Gasteiger charge is 2.26. The first kappa shape index (κ1) is 17.2. The minimum atomic E-state index is -0.682. The summed E-state index contributed by atoms with van der Waals surface area (Å²) in [6.07, 6.45) is 0. The van der Waals surface area contributed by atoms with Gasteiger partial charge in [-0.25, -0.2) is 0 Å². The Bertz CT molecular complexity index is 747. The van der Waals surface area contributed by atoms with Crippen molar-refractivity contribution >= 4 is 11.8 Å². The Kier molecular flexibility index (Phi) is 5.15. The van der Waals surface area contributed by atoms with Crippen molar-refractivity contribution in [3.63, 3.8) is 0 Å². The minimum Gasteiger partial charge on any atom is -0.465 e. The fourth-order valence-corrected chi connectivity index (χ4v) is 2.76. The summed E-state index contributed by atoms with van der Waals surface area (Å²) in [6.45, 7) is 4.85. The summed E-state index contributed by atoms with van der Waals surface area (Å²) in [5.74, 6) is 0.487. The zero-order valence-electron chi connectivity index (χ0n) is 13.8. The van der Waals surface area contributed by atoms with Crippen LogP contribution in [0, 0.1) is 17.0 Å². The first-order valence-corrected chi connectivity index (χ1v) is 7.95. The molecule has 1 atom stereocenters. The second-order valence-electron chi connectivity index (χ2n) is 5.72. The van der Waals surface area contributed by atoms with Gasteiger partial charge in [0.15, 0.2) is 5.76 Å². The average molecular weight is 349 g/mol. The third-order valence-corrected chi connectivity index (χ3v) is 4.03. The van der Waals surface area contributed by atoms with Crippen LogP contribution in [0.5, 0.6) is 0 Å². The Hall–Kier alpha value is -2.65. The van der Waals surface area contributed by atoms with Crippen LogP contribution in [0.25, 0.3) is 0 Å². The number of rotatable bonds is 6. The number of morpholine rings is 1. The van der Waals surface area contributed by atoms with E-state index in [0.29, 0.717) is 19.8 Å². The number of hydrogen-bond donors (Lipinski definition) is 1. The van der Waals surface area contributed by atoms with E-state index in [9.17, 15) is 14.9 Å². The predicted octanol–water partition coefficient (Wildman–Crippen LogP) is 1.89. The molecule has 0 bridgehead atoms. The standard InChI is InChI=1S/C16H19N3O6/c1-11-2-3-13(24-11)12(18-6-8-23-9-7-18)10-17-16(20)14-4-5-15(25-14)19(21)22/h2-5,12H,6-10H2,1H3,(H,17,20). The lowest BCUT2D eigenvalue weighted by Crippen LogP contribution is -2.43. The van der Waals surface area contributed by atoms with Crippen LogP contribution in [0.1, 0.15) is 28.1 Å². The average Bonchev–Trinajstić information content (AvgIpc) is 3.25. The molecule has 1 aliphatic heterocycles. The number of nitrogens with zero attached hydrogens (tertiary/aromatic N) is 2. The Labute approximate surface area is 143 Å². The minimum absolute atomic E-state index is 0.0944. The van der Waals surface area contributed by atoms with Crippen molar-refractivity contribution in [2.45, 2.75) is 13.0 Å². The van der Waals surface area contributed by atoms with Crippen molar-refractivity contribution in [2.75, 3.05) is 32.8 Å². The zero-order chi connectivity index (χ0) is 17.8. The van der Waals surface area contributed by atoms with E-state index in [4.69, 9.17) is 13.6 Å². The van der Waals surface area contributed by atoms with Gasteiger partial charge in [0.25, 0.3) is 5.91 Å². The van der Waals surface area contributed by atoms with Gasteiger partial charge in [-0.3, -0.25) is 19.8 Å². The van der Waals surface area contributed by atoms with Crippen molar-refractivity contribution in [1.82, 2.24) is 10.2 Å². The topological polar surface area (TPSA) is 111 Å². The Morgan fingerprint density at radius 1 is 1.28 bits per heavy atom. The lowest BCUT2D eigenvalue weighted by atomic mass is 10.1. The molecule has 1 N–H and O–H groups in total. The van der Waals surface area contributed by atoms with E-state index in [1.54, 1.807) is 0 Å². The Balaban J connectivity index is 1.69. The van der Waals surface area contributed by atoms with Crippen LogP contribution in [0.15, 0.2) is 33.1 Å². The van der Waals surface area contributed by atoms with E-state index in [1.807, 2.05) is 19.1 Å². The summed E-state index contributed by atoms with van der Waals surface area (Å²) in [5.41, 5.74) is 0. The summed E-state index contributed by atoms with van der Waals surface area (Å²) in [4.78, 5) is 24.3. The summed E-state index contributed by atoms with van der Waals surface area (Å²) in [5, 5.41) is 13.4. The molecule has 1 unspecified atom stereocenters. The summed E-state index contributed by atoms with van der Waals surface area (Å²) >= 11 is 0. The van der Waals surface area contributed by atoms with E-state index in [-0.39, 0.29) is 11.8 Å². The van der Waals surface area contributed by atoms with E-state index >= 15 is 0 Å². The normalized spacial score (nSPS) is 16.5. The van der Waals surface area contributed by atoms with Gasteiger partial charge in [0.1, 0.15) is 16.4 Å². The highest BCUT2D eigenvalue weighted by molar-refractivity contribution is 5.91. The third kappa shape index (κ3) is 4.06. The molecule has 0 spiro atoms. The van der Waals surface area contributed by atoms with E-state index < -0.39 is 16.7 Å². The fourth-order valence-electron chi connectivity index (χ4n) is 2.76. The number of nitrogens with one attached hydrogen (secondary N) is 1. The van der Waals surface area contributed by atoms with Crippen LogP contribution in [-0.2, 0) is 4.74 Å². The lowest BCUT2D eigenvalue weighted by Gasteiger charge is -2.33. The summed E-state index contributed by atoms with van der Waals surface area (Å²) in [6, 6.07) is 6.06. The van der Waals surface area contributed by atoms with Crippen molar-refractivity contribution in [2.24, 2.45) is 0 Å². The molecule has 3 heterocycles. The molecule has 0 saturated carbocycles. The van der Waals surface area contributed by atoms with E-state index in [2.05, 4.69) is 10.2 Å². The van der Waals surface area contributed by atoms with Crippen LogP contribution in [0.2, 0.25) is 0 Å². The van der Waals surface area contributed by atoms with Crippen LogP contribution in [0.4, 0.5) is 5.88 Å². The molecule has 1 aliphatic rings. The number of aryl methyl sites for hydroxylation is 1. The second-order valence-corrected chi connectivity index (χ2v) is 5.72. The maximum atomic E-state index is 12.2. The van der Waals surface area contributed by atoms with Gasteiger partial charge in [-0.2, -0.15) is 0 Å². The summed E-state index contributed by atoms with van der Waals surface area (Å²) < 4.78 is 16.0. The van der Waals surface area contributed by atoms with Gasteiger partial charge in [0.05, 0.1) is 25.3 Å². The first-order valence-electron chi connectivity index (χ1n) is 7.95. The van der Waals surface area contributed by atoms with E-state index in [0.717, 1.165) is 30.7 Å². The van der Waals surface area contributed by atoms with Gasteiger partial charge in [0.2, 0.25) is 0 Å². The molecule has 3 rings (SSSR count). The molecular weight excluding hydrogens is 330 g/mol. The number of amides is 1. The van der Waals surface area contributed by atoms with Crippen LogP contribution in [0.3, 0.4) is 0 Å². The third-order valence-electron chi connectivity index (χ3n) is 4.03. The zero-order valence-corrected chi connectivity index (χ0v) is 13.8. The second kappa shape index (κ2) is 7.49. The number of nitro groups is 1. The molecule has 2 aromatic rings. The van der Waals surface area contributed by atoms with Crippen molar-refractivity contribution in [1.29, 1.82) is 0 Å². The van der Waals surface area contributed by atoms with Crippen molar-refractivity contribution in [3.8, 4) is 0 Å². The molecule has 1 fully saturated rings. The van der Waals surface area contributed by atoms with E-state index in [1.165, 1.54) is 6.07 Å². The largest absolute Gasteiger partial charge is 0.465 e. The number of hydrogen-bond acceptors (Lipinski definition) is 7. The highest BCUT2D eigenvalue weighted by Crippen LogP contribution is 2.23. The molecule has 9 heteroatoms. The number of carbonyl (C=O) groups excluding carboxylic acids is 1. The maximum absolute atomic E-state index is 12.2. The molecular formula is C16H19N3O6. The molecule has 9 nitrogen and oxygen atoms in total. The lowest BCUT2D eigenvalue weighted by molar-refractivity contribution is -0.402. The number of furan rings is 2. The highest BCUT2D eigenvalue weighted by atomic mass is 16.6.